The van der Waals surface area contributed by atoms with Crippen LogP contribution in [-0.4, -0.2) is 57.3 Å². The summed E-state index contributed by atoms with van der Waals surface area (Å²) in [7, 11) is 1.74. The van der Waals surface area contributed by atoms with Crippen molar-refractivity contribution in [2.75, 3.05) is 20.1 Å². The van der Waals surface area contributed by atoms with E-state index >= 15 is 0 Å². The van der Waals surface area contributed by atoms with Crippen LogP contribution < -0.4 is 0 Å². The smallest absolute Gasteiger partial charge is 0.273 e. The number of aromatic nitrogens is 2. The Morgan fingerprint density at radius 1 is 1.36 bits per heavy atom. The summed E-state index contributed by atoms with van der Waals surface area (Å²) in [5.74, 6) is -0.208. The summed E-state index contributed by atoms with van der Waals surface area (Å²) in [6.07, 6.45) is 6.38. The minimum atomic E-state index is -0.420. The number of hydrogen-bond donors (Lipinski definition) is 0. The van der Waals surface area contributed by atoms with Crippen LogP contribution in [0.15, 0.2) is 55.5 Å². The molecular formula is C19H22N4O2. The van der Waals surface area contributed by atoms with Gasteiger partial charge in [0.2, 0.25) is 5.91 Å². The van der Waals surface area contributed by atoms with Gasteiger partial charge in [0.1, 0.15) is 11.7 Å². The van der Waals surface area contributed by atoms with Gasteiger partial charge in [-0.2, -0.15) is 0 Å². The number of carbonyl (C=O) groups is 2. The Kier molecular flexibility index (Phi) is 4.97. The van der Waals surface area contributed by atoms with E-state index in [-0.39, 0.29) is 11.8 Å². The summed E-state index contributed by atoms with van der Waals surface area (Å²) >= 11 is 0. The maximum atomic E-state index is 13.1. The van der Waals surface area contributed by atoms with E-state index in [9.17, 15) is 9.59 Å². The molecule has 25 heavy (non-hydrogen) atoms. The first-order chi connectivity index (χ1) is 12.1. The van der Waals surface area contributed by atoms with Crippen LogP contribution in [0, 0.1) is 0 Å². The number of amides is 2. The lowest BCUT2D eigenvalue weighted by molar-refractivity contribution is -0.133. The van der Waals surface area contributed by atoms with Gasteiger partial charge in [-0.05, 0) is 25.0 Å². The van der Waals surface area contributed by atoms with Gasteiger partial charge in [0, 0.05) is 25.8 Å². The topological polar surface area (TPSA) is 58.4 Å². The van der Waals surface area contributed by atoms with Crippen LogP contribution in [0.3, 0.4) is 0 Å². The van der Waals surface area contributed by atoms with Crippen molar-refractivity contribution in [3.8, 4) is 5.69 Å². The van der Waals surface area contributed by atoms with Crippen molar-refractivity contribution in [3.05, 3.63) is 61.2 Å². The number of imidazole rings is 1. The van der Waals surface area contributed by atoms with E-state index in [1.165, 1.54) is 0 Å². The van der Waals surface area contributed by atoms with E-state index < -0.39 is 6.04 Å². The summed E-state index contributed by atoms with van der Waals surface area (Å²) in [4.78, 5) is 33.1. The van der Waals surface area contributed by atoms with Crippen molar-refractivity contribution in [1.82, 2.24) is 19.4 Å². The lowest BCUT2D eigenvalue weighted by atomic mass is 10.2. The van der Waals surface area contributed by atoms with Crippen LogP contribution in [0.25, 0.3) is 5.69 Å². The Balaban J connectivity index is 1.85. The van der Waals surface area contributed by atoms with Gasteiger partial charge in [-0.25, -0.2) is 4.98 Å². The predicted molar refractivity (Wildman–Crippen MR) is 95.5 cm³/mol. The molecule has 1 aliphatic heterocycles. The molecule has 6 nitrogen and oxygen atoms in total. The minimum Gasteiger partial charge on any atom is -0.340 e. The lowest BCUT2D eigenvalue weighted by Crippen LogP contribution is -2.47. The van der Waals surface area contributed by atoms with Crippen molar-refractivity contribution >= 4 is 11.8 Å². The molecule has 130 valence electrons. The van der Waals surface area contributed by atoms with E-state index in [0.29, 0.717) is 25.2 Å². The molecule has 6 heteroatoms. The van der Waals surface area contributed by atoms with Gasteiger partial charge in [0.15, 0.2) is 0 Å². The van der Waals surface area contributed by atoms with Crippen molar-refractivity contribution in [1.29, 1.82) is 0 Å². The molecule has 1 aliphatic rings. The summed E-state index contributed by atoms with van der Waals surface area (Å²) in [6, 6.07) is 9.17. The first kappa shape index (κ1) is 17.0. The molecule has 0 aliphatic carbocycles. The number of nitrogens with zero attached hydrogens (tertiary/aromatic N) is 4. The fourth-order valence-corrected chi connectivity index (χ4v) is 3.20. The maximum Gasteiger partial charge on any atom is 0.273 e. The van der Waals surface area contributed by atoms with Crippen LogP contribution in [-0.2, 0) is 4.79 Å². The fraction of sp³-hybridized carbons (Fsp3) is 0.316. The summed E-state index contributed by atoms with van der Waals surface area (Å²) < 4.78 is 1.76. The predicted octanol–water partition coefficient (Wildman–Crippen LogP) is 2.12. The molecule has 1 unspecified atom stereocenters. The van der Waals surface area contributed by atoms with Crippen molar-refractivity contribution < 1.29 is 9.59 Å². The van der Waals surface area contributed by atoms with Crippen molar-refractivity contribution in [2.45, 2.75) is 18.9 Å². The first-order valence-electron chi connectivity index (χ1n) is 8.38. The largest absolute Gasteiger partial charge is 0.340 e. The third-order valence-corrected chi connectivity index (χ3v) is 4.47. The van der Waals surface area contributed by atoms with Crippen LogP contribution in [0.4, 0.5) is 0 Å². The highest BCUT2D eigenvalue weighted by molar-refractivity contribution is 5.97. The van der Waals surface area contributed by atoms with Gasteiger partial charge in [0.25, 0.3) is 5.91 Å². The standard InChI is InChI=1S/C19H22N4O2/c1-3-11-21(2)18(24)16-10-7-12-22(16)19(25)17-13-20-14-23(17)15-8-5-4-6-9-15/h3-6,8-9,13-14,16H,1,7,10-12H2,2H3. The quantitative estimate of drug-likeness (QED) is 0.785. The normalized spacial score (nSPS) is 16.7. The molecule has 1 aromatic carbocycles. The molecule has 1 fully saturated rings. The zero-order chi connectivity index (χ0) is 17.8. The van der Waals surface area contributed by atoms with E-state index in [1.807, 2.05) is 30.3 Å². The zero-order valence-electron chi connectivity index (χ0n) is 14.3. The molecule has 0 radical (unpaired) electrons. The molecule has 2 aromatic rings. The molecule has 2 amide bonds. The summed E-state index contributed by atoms with van der Waals surface area (Å²) in [5, 5.41) is 0. The second-order valence-electron chi connectivity index (χ2n) is 6.15. The number of likely N-dealkylation sites (N-methyl/N-ethyl adjacent to an activating group) is 1. The molecule has 1 aromatic heterocycles. The molecule has 0 bridgehead atoms. The highest BCUT2D eigenvalue weighted by Gasteiger charge is 2.36. The highest BCUT2D eigenvalue weighted by atomic mass is 16.2. The fourth-order valence-electron chi connectivity index (χ4n) is 3.20. The molecule has 0 N–H and O–H groups in total. The average Bonchev–Trinajstić information content (AvgIpc) is 3.31. The molecule has 0 saturated carbocycles. The van der Waals surface area contributed by atoms with Crippen LogP contribution in [0.1, 0.15) is 23.3 Å². The second kappa shape index (κ2) is 7.34. The van der Waals surface area contributed by atoms with Crippen LogP contribution in [0.2, 0.25) is 0 Å². The Labute approximate surface area is 147 Å². The van der Waals surface area contributed by atoms with Gasteiger partial charge >= 0.3 is 0 Å². The van der Waals surface area contributed by atoms with Gasteiger partial charge in [-0.3, -0.25) is 14.2 Å². The SMILES string of the molecule is C=CCN(C)C(=O)C1CCCN1C(=O)c1cncn1-c1ccccc1. The second-order valence-corrected chi connectivity index (χ2v) is 6.15. The van der Waals surface area contributed by atoms with Gasteiger partial charge in [0.05, 0.1) is 12.5 Å². The number of benzene rings is 1. The maximum absolute atomic E-state index is 13.1. The Morgan fingerprint density at radius 2 is 2.12 bits per heavy atom. The van der Waals surface area contributed by atoms with Gasteiger partial charge < -0.3 is 9.80 Å². The van der Waals surface area contributed by atoms with E-state index in [2.05, 4.69) is 11.6 Å². The Bertz CT molecular complexity index is 769. The number of rotatable bonds is 5. The Morgan fingerprint density at radius 3 is 2.84 bits per heavy atom. The third kappa shape index (κ3) is 3.33. The third-order valence-electron chi connectivity index (χ3n) is 4.47. The van der Waals surface area contributed by atoms with Crippen molar-refractivity contribution in [2.24, 2.45) is 0 Å². The summed E-state index contributed by atoms with van der Waals surface area (Å²) in [6.45, 7) is 4.72. The molecule has 2 heterocycles. The number of para-hydroxylation sites is 1. The molecular weight excluding hydrogens is 316 g/mol. The van der Waals surface area contributed by atoms with Crippen LogP contribution >= 0.6 is 0 Å². The van der Waals surface area contributed by atoms with Gasteiger partial charge in [-0.15, -0.1) is 6.58 Å². The van der Waals surface area contributed by atoms with E-state index in [0.717, 1.165) is 12.1 Å². The minimum absolute atomic E-state index is 0.0449. The molecule has 0 spiro atoms. The van der Waals surface area contributed by atoms with Crippen LogP contribution in [0.5, 0.6) is 0 Å². The molecule has 1 atom stereocenters. The lowest BCUT2D eigenvalue weighted by Gasteiger charge is -2.27. The molecule has 1 saturated heterocycles. The summed E-state index contributed by atoms with van der Waals surface area (Å²) in [5.41, 5.74) is 1.34. The number of carbonyl (C=O) groups excluding carboxylic acids is 2. The van der Waals surface area contributed by atoms with Gasteiger partial charge in [-0.1, -0.05) is 24.3 Å². The zero-order valence-corrected chi connectivity index (χ0v) is 14.3. The molecule has 3 rings (SSSR count). The van der Waals surface area contributed by atoms with Crippen molar-refractivity contribution in [3.63, 3.8) is 0 Å². The highest BCUT2D eigenvalue weighted by Crippen LogP contribution is 2.23. The first-order valence-corrected chi connectivity index (χ1v) is 8.38. The van der Waals surface area contributed by atoms with E-state index in [1.54, 1.807) is 40.0 Å². The number of hydrogen-bond acceptors (Lipinski definition) is 3. The average molecular weight is 338 g/mol. The van der Waals surface area contributed by atoms with E-state index in [4.69, 9.17) is 0 Å². The number of likely N-dealkylation sites (tertiary alicyclic amines) is 1. The Hall–Kier alpha value is -2.89. The monoisotopic (exact) mass is 338 g/mol.